The number of hydrogen-bond donors (Lipinski definition) is 1. The van der Waals surface area contributed by atoms with Crippen molar-refractivity contribution in [1.29, 1.82) is 0 Å². The number of aliphatic hydroxyl groups is 1. The summed E-state index contributed by atoms with van der Waals surface area (Å²) in [5.74, 6) is 0. The lowest BCUT2D eigenvalue weighted by Gasteiger charge is -2.20. The Balaban J connectivity index is 2.47. The Morgan fingerprint density at radius 3 is 3.17 bits per heavy atom. The highest BCUT2D eigenvalue weighted by molar-refractivity contribution is 5.26. The van der Waals surface area contributed by atoms with Crippen molar-refractivity contribution in [2.24, 2.45) is 0 Å². The summed E-state index contributed by atoms with van der Waals surface area (Å²) in [6, 6.07) is 4.09. The van der Waals surface area contributed by atoms with E-state index < -0.39 is 0 Å². The molecule has 0 bridgehead atoms. The summed E-state index contributed by atoms with van der Waals surface area (Å²) >= 11 is 0. The van der Waals surface area contributed by atoms with E-state index in [9.17, 15) is 5.11 Å². The molecule has 1 aromatic heterocycles. The van der Waals surface area contributed by atoms with Crippen LogP contribution in [0.3, 0.4) is 0 Å². The summed E-state index contributed by atoms with van der Waals surface area (Å²) in [6.07, 6.45) is 2.69. The molecule has 1 atom stereocenters. The topological polar surface area (TPSA) is 33.1 Å². The zero-order valence-electron chi connectivity index (χ0n) is 7.25. The van der Waals surface area contributed by atoms with Gasteiger partial charge in [-0.25, -0.2) is 0 Å². The van der Waals surface area contributed by atoms with Crippen LogP contribution in [0.5, 0.6) is 0 Å². The first kappa shape index (κ1) is 7.74. The quantitative estimate of drug-likeness (QED) is 0.632. The Morgan fingerprint density at radius 2 is 2.33 bits per heavy atom. The molecular formula is C10H13NO. The van der Waals surface area contributed by atoms with Gasteiger partial charge in [-0.1, -0.05) is 6.07 Å². The van der Waals surface area contributed by atoms with Crippen molar-refractivity contribution >= 4 is 0 Å². The summed E-state index contributed by atoms with van der Waals surface area (Å²) in [6.45, 7) is 1.96. The molecule has 0 aromatic carbocycles. The van der Waals surface area contributed by atoms with Gasteiger partial charge in [0.05, 0.1) is 11.8 Å². The molecule has 1 N–H and O–H groups in total. The molecule has 2 rings (SSSR count). The monoisotopic (exact) mass is 163 g/mol. The van der Waals surface area contributed by atoms with Crippen LogP contribution in [0, 0.1) is 6.92 Å². The molecule has 1 aliphatic rings. The molecule has 0 unspecified atom stereocenters. The summed E-state index contributed by atoms with van der Waals surface area (Å²) in [5, 5.41) is 9.62. The van der Waals surface area contributed by atoms with Gasteiger partial charge in [0, 0.05) is 5.69 Å². The molecular weight excluding hydrogens is 150 g/mol. The number of fused-ring (bicyclic) bond motifs is 1. The van der Waals surface area contributed by atoms with Gasteiger partial charge in [-0.05, 0) is 37.8 Å². The maximum Gasteiger partial charge on any atom is 0.0962 e. The van der Waals surface area contributed by atoms with Crippen LogP contribution in [0.2, 0.25) is 0 Å². The number of nitrogens with zero attached hydrogens (tertiary/aromatic N) is 1. The molecule has 0 saturated heterocycles. The van der Waals surface area contributed by atoms with Crippen molar-refractivity contribution < 1.29 is 5.11 Å². The van der Waals surface area contributed by atoms with Crippen molar-refractivity contribution in [1.82, 2.24) is 4.98 Å². The van der Waals surface area contributed by atoms with E-state index >= 15 is 0 Å². The highest BCUT2D eigenvalue weighted by Crippen LogP contribution is 2.27. The van der Waals surface area contributed by atoms with Gasteiger partial charge in [-0.3, -0.25) is 4.98 Å². The Morgan fingerprint density at radius 1 is 1.50 bits per heavy atom. The lowest BCUT2D eigenvalue weighted by atomic mass is 9.93. The fraction of sp³-hybridized carbons (Fsp3) is 0.500. The van der Waals surface area contributed by atoms with Crippen LogP contribution in [-0.4, -0.2) is 10.1 Å². The number of aliphatic hydroxyl groups excluding tert-OH is 1. The molecule has 0 spiro atoms. The minimum absolute atomic E-state index is 0.325. The van der Waals surface area contributed by atoms with Gasteiger partial charge < -0.3 is 5.11 Å². The SMILES string of the molecule is Cc1ccc2c(n1)[C@H](O)CCC2. The molecule has 0 fully saturated rings. The summed E-state index contributed by atoms with van der Waals surface area (Å²) < 4.78 is 0. The maximum atomic E-state index is 9.62. The largest absolute Gasteiger partial charge is 0.387 e. The third-order valence-electron chi connectivity index (χ3n) is 2.39. The first-order valence-corrected chi connectivity index (χ1v) is 4.42. The molecule has 1 aliphatic carbocycles. The molecule has 1 aromatic rings. The predicted octanol–water partition coefficient (Wildman–Crippen LogP) is 1.76. The van der Waals surface area contributed by atoms with Crippen molar-refractivity contribution in [2.75, 3.05) is 0 Å². The highest BCUT2D eigenvalue weighted by Gasteiger charge is 2.18. The van der Waals surface area contributed by atoms with Gasteiger partial charge >= 0.3 is 0 Å². The molecule has 0 radical (unpaired) electrons. The van der Waals surface area contributed by atoms with Gasteiger partial charge in [0.2, 0.25) is 0 Å². The fourth-order valence-electron chi connectivity index (χ4n) is 1.73. The molecule has 0 amide bonds. The second kappa shape index (κ2) is 2.87. The van der Waals surface area contributed by atoms with E-state index in [0.717, 1.165) is 30.7 Å². The molecule has 1 heterocycles. The minimum atomic E-state index is -0.325. The third-order valence-corrected chi connectivity index (χ3v) is 2.39. The first-order chi connectivity index (χ1) is 5.77. The van der Waals surface area contributed by atoms with Gasteiger partial charge in [-0.2, -0.15) is 0 Å². The van der Waals surface area contributed by atoms with Crippen LogP contribution in [0.15, 0.2) is 12.1 Å². The second-order valence-corrected chi connectivity index (χ2v) is 3.41. The Kier molecular flexibility index (Phi) is 1.85. The molecule has 0 saturated carbocycles. The molecule has 64 valence electrons. The maximum absolute atomic E-state index is 9.62. The average Bonchev–Trinajstić information content (AvgIpc) is 2.07. The average molecular weight is 163 g/mol. The van der Waals surface area contributed by atoms with E-state index in [1.165, 1.54) is 5.56 Å². The van der Waals surface area contributed by atoms with E-state index in [0.29, 0.717) is 0 Å². The van der Waals surface area contributed by atoms with Gasteiger partial charge in [0.25, 0.3) is 0 Å². The number of aromatic nitrogens is 1. The first-order valence-electron chi connectivity index (χ1n) is 4.42. The molecule has 2 heteroatoms. The fourth-order valence-corrected chi connectivity index (χ4v) is 1.73. The minimum Gasteiger partial charge on any atom is -0.387 e. The summed E-state index contributed by atoms with van der Waals surface area (Å²) in [4.78, 5) is 4.34. The molecule has 0 aliphatic heterocycles. The number of aryl methyl sites for hydroxylation is 2. The third kappa shape index (κ3) is 1.23. The van der Waals surface area contributed by atoms with Crippen LogP contribution in [-0.2, 0) is 6.42 Å². The van der Waals surface area contributed by atoms with Crippen LogP contribution in [0.1, 0.15) is 35.9 Å². The van der Waals surface area contributed by atoms with Gasteiger partial charge in [0.1, 0.15) is 0 Å². The van der Waals surface area contributed by atoms with E-state index in [1.54, 1.807) is 0 Å². The van der Waals surface area contributed by atoms with Crippen LogP contribution in [0.25, 0.3) is 0 Å². The van der Waals surface area contributed by atoms with Gasteiger partial charge in [0.15, 0.2) is 0 Å². The highest BCUT2D eigenvalue weighted by atomic mass is 16.3. The Labute approximate surface area is 72.3 Å². The standard InChI is InChI=1S/C10H13NO/c1-7-5-6-8-3-2-4-9(12)10(8)11-7/h5-6,9,12H,2-4H2,1H3/t9-/m1/s1. The number of hydrogen-bond acceptors (Lipinski definition) is 2. The smallest absolute Gasteiger partial charge is 0.0962 e. The Bertz CT molecular complexity index is 296. The van der Waals surface area contributed by atoms with Crippen molar-refractivity contribution in [3.63, 3.8) is 0 Å². The number of rotatable bonds is 0. The number of pyridine rings is 1. The summed E-state index contributed by atoms with van der Waals surface area (Å²) in [5.41, 5.74) is 3.12. The van der Waals surface area contributed by atoms with Crippen molar-refractivity contribution in [2.45, 2.75) is 32.3 Å². The van der Waals surface area contributed by atoms with E-state index in [1.807, 2.05) is 13.0 Å². The summed E-state index contributed by atoms with van der Waals surface area (Å²) in [7, 11) is 0. The van der Waals surface area contributed by atoms with Crippen LogP contribution >= 0.6 is 0 Å². The Hall–Kier alpha value is -0.890. The zero-order chi connectivity index (χ0) is 8.55. The second-order valence-electron chi connectivity index (χ2n) is 3.41. The van der Waals surface area contributed by atoms with Crippen molar-refractivity contribution in [3.8, 4) is 0 Å². The predicted molar refractivity (Wildman–Crippen MR) is 46.9 cm³/mol. The zero-order valence-corrected chi connectivity index (χ0v) is 7.25. The molecule has 12 heavy (non-hydrogen) atoms. The molecule has 2 nitrogen and oxygen atoms in total. The lowest BCUT2D eigenvalue weighted by Crippen LogP contribution is -2.11. The van der Waals surface area contributed by atoms with Crippen LogP contribution < -0.4 is 0 Å². The van der Waals surface area contributed by atoms with E-state index in [2.05, 4.69) is 11.1 Å². The lowest BCUT2D eigenvalue weighted by molar-refractivity contribution is 0.151. The van der Waals surface area contributed by atoms with Gasteiger partial charge in [-0.15, -0.1) is 0 Å². The van der Waals surface area contributed by atoms with Crippen LogP contribution in [0.4, 0.5) is 0 Å². The van der Waals surface area contributed by atoms with E-state index in [4.69, 9.17) is 0 Å². The van der Waals surface area contributed by atoms with Crippen molar-refractivity contribution in [3.05, 3.63) is 29.1 Å². The normalized spacial score (nSPS) is 22.0. The van der Waals surface area contributed by atoms with E-state index in [-0.39, 0.29) is 6.10 Å².